The van der Waals surface area contributed by atoms with E-state index in [9.17, 15) is 21.6 Å². The fourth-order valence-electron chi connectivity index (χ4n) is 1.21. The van der Waals surface area contributed by atoms with Gasteiger partial charge in [-0.25, -0.2) is 27.1 Å². The van der Waals surface area contributed by atoms with Gasteiger partial charge in [-0.1, -0.05) is 19.8 Å². The van der Waals surface area contributed by atoms with Gasteiger partial charge in [0.2, 0.25) is 26.0 Å². The van der Waals surface area contributed by atoms with Crippen molar-refractivity contribution in [2.45, 2.75) is 39.5 Å². The van der Waals surface area contributed by atoms with E-state index in [0.717, 1.165) is 12.8 Å². The molecule has 0 aliphatic carbocycles. The predicted octanol–water partition coefficient (Wildman–Crippen LogP) is -0.392. The maximum atomic E-state index is 10.6. The van der Waals surface area contributed by atoms with Crippen LogP contribution in [0, 0.1) is 0 Å². The molecule has 0 radical (unpaired) electrons. The van der Waals surface area contributed by atoms with Crippen LogP contribution in [0.4, 0.5) is 0 Å². The third-order valence-corrected chi connectivity index (χ3v) is 4.21. The van der Waals surface area contributed by atoms with Crippen LogP contribution in [0.25, 0.3) is 0 Å². The van der Waals surface area contributed by atoms with Crippen molar-refractivity contribution in [3.05, 3.63) is 0 Å². The van der Waals surface area contributed by atoms with Crippen molar-refractivity contribution < 1.29 is 21.6 Å². The number of unbranched alkanes of at least 4 members (excludes halogenated alkanes) is 2. The van der Waals surface area contributed by atoms with Gasteiger partial charge in [-0.15, -0.1) is 0 Å². The molecule has 128 valence electrons. The van der Waals surface area contributed by atoms with Crippen molar-refractivity contribution in [2.24, 2.45) is 10.3 Å². The standard InChI is InChI=1S/C6H14N2O3S.C5H13NO2S/c1-6(9)8(2)4-3-5-12(7,10)11;1-2-3-4-5-9(6,7)8/h3-5H2,1-2H3,(H2,7,10,11);2-5H2,1H3,(H2,6,7,8). The summed E-state index contributed by atoms with van der Waals surface area (Å²) in [6.07, 6.45) is 3.04. The zero-order valence-electron chi connectivity index (χ0n) is 12.9. The van der Waals surface area contributed by atoms with Crippen LogP contribution in [-0.2, 0) is 24.8 Å². The SMILES string of the molecule is CC(=O)N(C)CCCS(N)(=O)=O.CCCCCS(N)(=O)=O. The third kappa shape index (κ3) is 21.7. The highest BCUT2D eigenvalue weighted by Crippen LogP contribution is 1.94. The Morgan fingerprint density at radius 1 is 0.952 bits per heavy atom. The molecule has 0 rings (SSSR count). The molecular formula is C11H27N3O5S2. The lowest BCUT2D eigenvalue weighted by Gasteiger charge is -2.13. The molecule has 0 heterocycles. The summed E-state index contributed by atoms with van der Waals surface area (Å²) in [6, 6.07) is 0. The lowest BCUT2D eigenvalue weighted by atomic mass is 10.3. The number of amides is 1. The van der Waals surface area contributed by atoms with E-state index in [1.165, 1.54) is 11.8 Å². The minimum Gasteiger partial charge on any atom is -0.346 e. The van der Waals surface area contributed by atoms with E-state index in [4.69, 9.17) is 10.3 Å². The molecular weight excluding hydrogens is 318 g/mol. The summed E-state index contributed by atoms with van der Waals surface area (Å²) < 4.78 is 41.5. The molecule has 21 heavy (non-hydrogen) atoms. The van der Waals surface area contributed by atoms with Crippen molar-refractivity contribution in [2.75, 3.05) is 25.1 Å². The highest BCUT2D eigenvalue weighted by molar-refractivity contribution is 7.89. The maximum absolute atomic E-state index is 10.6. The molecule has 10 heteroatoms. The molecule has 0 aromatic rings. The van der Waals surface area contributed by atoms with Gasteiger partial charge in [-0.3, -0.25) is 4.79 Å². The van der Waals surface area contributed by atoms with E-state index < -0.39 is 20.0 Å². The smallest absolute Gasteiger partial charge is 0.219 e. The monoisotopic (exact) mass is 345 g/mol. The summed E-state index contributed by atoms with van der Waals surface area (Å²) in [4.78, 5) is 12.1. The zero-order chi connectivity index (χ0) is 17.1. The molecule has 4 N–H and O–H groups in total. The van der Waals surface area contributed by atoms with Gasteiger partial charge >= 0.3 is 0 Å². The number of hydrogen-bond acceptors (Lipinski definition) is 5. The topological polar surface area (TPSA) is 141 Å². The Hall–Kier alpha value is -0.710. The summed E-state index contributed by atoms with van der Waals surface area (Å²) in [5.41, 5.74) is 0. The van der Waals surface area contributed by atoms with Crippen LogP contribution in [0.2, 0.25) is 0 Å². The molecule has 1 amide bonds. The number of primary sulfonamides is 2. The summed E-state index contributed by atoms with van der Waals surface area (Å²) >= 11 is 0. The quantitative estimate of drug-likeness (QED) is 0.576. The Bertz CT molecular complexity index is 488. The van der Waals surface area contributed by atoms with Gasteiger partial charge < -0.3 is 4.90 Å². The summed E-state index contributed by atoms with van der Waals surface area (Å²) in [5.74, 6) is -0.0322. The van der Waals surface area contributed by atoms with Crippen LogP contribution in [0.15, 0.2) is 0 Å². The van der Waals surface area contributed by atoms with E-state index >= 15 is 0 Å². The van der Waals surface area contributed by atoms with Gasteiger partial charge in [-0.05, 0) is 12.8 Å². The predicted molar refractivity (Wildman–Crippen MR) is 83.4 cm³/mol. The molecule has 0 aliphatic rings. The van der Waals surface area contributed by atoms with Crippen molar-refractivity contribution in [3.63, 3.8) is 0 Å². The molecule has 0 saturated heterocycles. The number of nitrogens with two attached hydrogens (primary N) is 2. The first-order valence-electron chi connectivity index (χ1n) is 6.61. The summed E-state index contributed by atoms with van der Waals surface area (Å²) in [5, 5.41) is 9.52. The molecule has 0 aliphatic heterocycles. The largest absolute Gasteiger partial charge is 0.346 e. The highest BCUT2D eigenvalue weighted by Gasteiger charge is 2.05. The Kier molecular flexibility index (Phi) is 11.8. The second-order valence-electron chi connectivity index (χ2n) is 4.74. The fourth-order valence-corrected chi connectivity index (χ4v) is 2.35. The van der Waals surface area contributed by atoms with E-state index in [0.29, 0.717) is 19.4 Å². The molecule has 0 aromatic heterocycles. The first-order valence-corrected chi connectivity index (χ1v) is 10.0. The first kappa shape index (κ1) is 22.6. The average molecular weight is 345 g/mol. The summed E-state index contributed by atoms with van der Waals surface area (Å²) in [7, 11) is -4.96. The lowest BCUT2D eigenvalue weighted by molar-refractivity contribution is -0.127. The van der Waals surface area contributed by atoms with Crippen molar-refractivity contribution >= 4 is 26.0 Å². The molecule has 0 unspecified atom stereocenters. The number of hydrogen-bond donors (Lipinski definition) is 2. The molecule has 0 spiro atoms. The molecule has 0 aromatic carbocycles. The van der Waals surface area contributed by atoms with Gasteiger partial charge in [0.25, 0.3) is 0 Å². The van der Waals surface area contributed by atoms with Gasteiger partial charge in [-0.2, -0.15) is 0 Å². The number of sulfonamides is 2. The Morgan fingerprint density at radius 3 is 1.71 bits per heavy atom. The van der Waals surface area contributed by atoms with Gasteiger partial charge in [0.15, 0.2) is 0 Å². The minimum absolute atomic E-state index is 0.0788. The van der Waals surface area contributed by atoms with Gasteiger partial charge in [0, 0.05) is 20.5 Å². The molecule has 8 nitrogen and oxygen atoms in total. The minimum atomic E-state index is -3.38. The normalized spacial score (nSPS) is 11.5. The number of nitrogens with zero attached hydrogens (tertiary/aromatic N) is 1. The van der Waals surface area contributed by atoms with Gasteiger partial charge in [0.1, 0.15) is 0 Å². The Morgan fingerprint density at radius 2 is 1.38 bits per heavy atom. The maximum Gasteiger partial charge on any atom is 0.219 e. The van der Waals surface area contributed by atoms with Crippen LogP contribution in [0.1, 0.15) is 39.5 Å². The van der Waals surface area contributed by atoms with Crippen molar-refractivity contribution in [1.82, 2.24) is 4.90 Å². The number of carbonyl (C=O) groups is 1. The first-order chi connectivity index (χ1) is 9.39. The van der Waals surface area contributed by atoms with Crippen LogP contribution in [0.3, 0.4) is 0 Å². The summed E-state index contributed by atoms with van der Waals surface area (Å²) in [6.45, 7) is 3.87. The van der Waals surface area contributed by atoms with Crippen molar-refractivity contribution in [3.8, 4) is 0 Å². The van der Waals surface area contributed by atoms with E-state index in [2.05, 4.69) is 0 Å². The number of carbonyl (C=O) groups excluding carboxylic acids is 1. The van der Waals surface area contributed by atoms with Crippen LogP contribution in [-0.4, -0.2) is 52.7 Å². The van der Waals surface area contributed by atoms with E-state index in [-0.39, 0.29) is 17.4 Å². The Balaban J connectivity index is 0. The molecule has 0 fully saturated rings. The van der Waals surface area contributed by atoms with E-state index in [1.807, 2.05) is 6.92 Å². The molecule has 0 atom stereocenters. The second kappa shape index (κ2) is 10.9. The zero-order valence-corrected chi connectivity index (χ0v) is 14.5. The number of rotatable bonds is 8. The van der Waals surface area contributed by atoms with E-state index in [1.54, 1.807) is 7.05 Å². The highest BCUT2D eigenvalue weighted by atomic mass is 32.2. The fraction of sp³-hybridized carbons (Fsp3) is 0.909. The lowest BCUT2D eigenvalue weighted by Crippen LogP contribution is -2.27. The van der Waals surface area contributed by atoms with Crippen molar-refractivity contribution in [1.29, 1.82) is 0 Å². The third-order valence-electron chi connectivity index (χ3n) is 2.49. The molecule has 0 saturated carbocycles. The molecule has 0 bridgehead atoms. The van der Waals surface area contributed by atoms with Crippen LogP contribution >= 0.6 is 0 Å². The average Bonchev–Trinajstić information content (AvgIpc) is 2.26. The van der Waals surface area contributed by atoms with Crippen LogP contribution in [0.5, 0.6) is 0 Å². The Labute approximate surface area is 128 Å². The second-order valence-corrected chi connectivity index (χ2v) is 8.20. The van der Waals surface area contributed by atoms with Crippen LogP contribution < -0.4 is 10.3 Å². The van der Waals surface area contributed by atoms with Gasteiger partial charge in [0.05, 0.1) is 11.5 Å².